The third kappa shape index (κ3) is 3.43. The predicted molar refractivity (Wildman–Crippen MR) is 84.9 cm³/mol. The number of nitrogens with one attached hydrogen (secondary N) is 1. The number of halogens is 1. The summed E-state index contributed by atoms with van der Waals surface area (Å²) < 4.78 is 25.4. The monoisotopic (exact) mass is 360 g/mol. The summed E-state index contributed by atoms with van der Waals surface area (Å²) in [4.78, 5) is 12.0. The number of hydrogen-bond acceptors (Lipinski definition) is 6. The highest BCUT2D eigenvalue weighted by Gasteiger charge is 2.22. The zero-order valence-corrected chi connectivity index (χ0v) is 14.4. The highest BCUT2D eigenvalue weighted by molar-refractivity contribution is 7.89. The van der Waals surface area contributed by atoms with Crippen LogP contribution in [0.4, 0.5) is 5.13 Å². The molecule has 0 aliphatic rings. The Morgan fingerprint density at radius 3 is 2.55 bits per heavy atom. The molecular weight excluding hydrogens is 348 g/mol. The number of amides is 1. The first-order chi connectivity index (χ1) is 10.2. The Morgan fingerprint density at radius 1 is 1.32 bits per heavy atom. The molecule has 1 aromatic heterocycles. The van der Waals surface area contributed by atoms with E-state index in [0.717, 1.165) is 4.31 Å². The standard InChI is InChI=1S/C12H13ClN4O3S2/c1-7-15-16-12(21-7)14-11(18)8-4-5-9(13)10(6-8)22(19,20)17(2)3/h4-6H,1-3H3,(H,14,16,18). The Kier molecular flexibility index (Phi) is 4.81. The van der Waals surface area contributed by atoms with Crippen LogP contribution in [0.5, 0.6) is 0 Å². The van der Waals surface area contributed by atoms with Crippen molar-refractivity contribution in [3.8, 4) is 0 Å². The van der Waals surface area contributed by atoms with Crippen LogP contribution in [0, 0.1) is 6.92 Å². The first-order valence-electron chi connectivity index (χ1n) is 6.05. The van der Waals surface area contributed by atoms with Crippen molar-refractivity contribution in [2.45, 2.75) is 11.8 Å². The lowest BCUT2D eigenvalue weighted by atomic mass is 10.2. The van der Waals surface area contributed by atoms with E-state index in [4.69, 9.17) is 11.6 Å². The van der Waals surface area contributed by atoms with Crippen molar-refractivity contribution < 1.29 is 13.2 Å². The van der Waals surface area contributed by atoms with Crippen LogP contribution in [0.25, 0.3) is 0 Å². The summed E-state index contributed by atoms with van der Waals surface area (Å²) in [5, 5.41) is 11.2. The molecular formula is C12H13ClN4O3S2. The van der Waals surface area contributed by atoms with E-state index in [9.17, 15) is 13.2 Å². The number of carbonyl (C=O) groups is 1. The van der Waals surface area contributed by atoms with Gasteiger partial charge in [-0.15, -0.1) is 10.2 Å². The summed E-state index contributed by atoms with van der Waals surface area (Å²) in [6.07, 6.45) is 0. The van der Waals surface area contributed by atoms with E-state index >= 15 is 0 Å². The van der Waals surface area contributed by atoms with Gasteiger partial charge in [-0.05, 0) is 25.1 Å². The van der Waals surface area contributed by atoms with Gasteiger partial charge in [-0.1, -0.05) is 22.9 Å². The average molecular weight is 361 g/mol. The summed E-state index contributed by atoms with van der Waals surface area (Å²) in [6, 6.07) is 4.05. The lowest BCUT2D eigenvalue weighted by Crippen LogP contribution is -2.23. The molecule has 2 rings (SSSR count). The molecule has 0 atom stereocenters. The number of aromatic nitrogens is 2. The SMILES string of the molecule is Cc1nnc(NC(=O)c2ccc(Cl)c(S(=O)(=O)N(C)C)c2)s1. The van der Waals surface area contributed by atoms with Crippen molar-refractivity contribution in [2.75, 3.05) is 19.4 Å². The van der Waals surface area contributed by atoms with Crippen LogP contribution in [0.1, 0.15) is 15.4 Å². The van der Waals surface area contributed by atoms with Crippen LogP contribution in [0.2, 0.25) is 5.02 Å². The average Bonchev–Trinajstić information content (AvgIpc) is 2.84. The molecule has 0 aliphatic carbocycles. The van der Waals surface area contributed by atoms with Crippen LogP contribution < -0.4 is 5.32 Å². The Hall–Kier alpha value is -1.55. The largest absolute Gasteiger partial charge is 0.296 e. The summed E-state index contributed by atoms with van der Waals surface area (Å²) in [5.41, 5.74) is 0.165. The zero-order valence-electron chi connectivity index (χ0n) is 12.0. The van der Waals surface area contributed by atoms with E-state index in [1.807, 2.05) is 0 Å². The second kappa shape index (κ2) is 6.29. The Labute approximate surface area is 137 Å². The summed E-state index contributed by atoms with van der Waals surface area (Å²) in [7, 11) is -0.954. The number of anilines is 1. The van der Waals surface area contributed by atoms with Crippen LogP contribution in [-0.2, 0) is 10.0 Å². The smallest absolute Gasteiger partial charge is 0.257 e. The Balaban J connectivity index is 2.35. The minimum Gasteiger partial charge on any atom is -0.296 e. The normalized spacial score (nSPS) is 11.7. The maximum atomic E-state index is 12.2. The lowest BCUT2D eigenvalue weighted by molar-refractivity contribution is 0.102. The van der Waals surface area contributed by atoms with Gasteiger partial charge in [-0.2, -0.15) is 0 Å². The Bertz CT molecular complexity index is 818. The van der Waals surface area contributed by atoms with Gasteiger partial charge in [0.1, 0.15) is 9.90 Å². The Morgan fingerprint density at radius 2 is 2.00 bits per heavy atom. The second-order valence-corrected chi connectivity index (χ2v) is 8.22. The topological polar surface area (TPSA) is 92.3 Å². The molecule has 2 aromatic rings. The summed E-state index contributed by atoms with van der Waals surface area (Å²) in [6.45, 7) is 1.76. The van der Waals surface area contributed by atoms with Crippen LogP contribution in [0.15, 0.2) is 23.1 Å². The van der Waals surface area contributed by atoms with Crippen molar-refractivity contribution in [1.82, 2.24) is 14.5 Å². The minimum absolute atomic E-state index is 0.0528. The number of carbonyl (C=O) groups excluding carboxylic acids is 1. The predicted octanol–water partition coefficient (Wildman–Crippen LogP) is 2.00. The molecule has 118 valence electrons. The fraction of sp³-hybridized carbons (Fsp3) is 0.250. The molecule has 7 nitrogen and oxygen atoms in total. The van der Waals surface area contributed by atoms with Crippen molar-refractivity contribution in [3.63, 3.8) is 0 Å². The molecule has 0 saturated heterocycles. The van der Waals surface area contributed by atoms with E-state index < -0.39 is 15.9 Å². The number of benzene rings is 1. The van der Waals surface area contributed by atoms with Gasteiger partial charge in [0.05, 0.1) is 5.02 Å². The van der Waals surface area contributed by atoms with Crippen LogP contribution >= 0.6 is 22.9 Å². The van der Waals surface area contributed by atoms with Crippen molar-refractivity contribution in [2.24, 2.45) is 0 Å². The number of rotatable bonds is 4. The van der Waals surface area contributed by atoms with E-state index in [1.54, 1.807) is 6.92 Å². The quantitative estimate of drug-likeness (QED) is 0.900. The molecule has 0 radical (unpaired) electrons. The van der Waals surface area contributed by atoms with Crippen LogP contribution in [0.3, 0.4) is 0 Å². The van der Waals surface area contributed by atoms with E-state index in [1.165, 1.54) is 43.6 Å². The fourth-order valence-corrected chi connectivity index (χ4v) is 3.54. The maximum absolute atomic E-state index is 12.2. The molecule has 1 N–H and O–H groups in total. The molecule has 10 heteroatoms. The number of nitrogens with zero attached hydrogens (tertiary/aromatic N) is 3. The lowest BCUT2D eigenvalue weighted by Gasteiger charge is -2.13. The molecule has 22 heavy (non-hydrogen) atoms. The van der Waals surface area contributed by atoms with Crippen molar-refractivity contribution in [3.05, 3.63) is 33.8 Å². The van der Waals surface area contributed by atoms with E-state index in [-0.39, 0.29) is 15.5 Å². The van der Waals surface area contributed by atoms with Gasteiger partial charge in [-0.25, -0.2) is 12.7 Å². The van der Waals surface area contributed by atoms with Gasteiger partial charge >= 0.3 is 0 Å². The molecule has 0 fully saturated rings. The number of sulfonamides is 1. The van der Waals surface area contributed by atoms with Crippen molar-refractivity contribution in [1.29, 1.82) is 0 Å². The molecule has 0 bridgehead atoms. The van der Waals surface area contributed by atoms with Gasteiger partial charge in [-0.3, -0.25) is 10.1 Å². The molecule has 0 aliphatic heterocycles. The molecule has 1 heterocycles. The molecule has 0 saturated carbocycles. The summed E-state index contributed by atoms with van der Waals surface area (Å²) >= 11 is 7.16. The van der Waals surface area contributed by atoms with Gasteiger partial charge in [0.15, 0.2) is 0 Å². The van der Waals surface area contributed by atoms with Gasteiger partial charge < -0.3 is 0 Å². The summed E-state index contributed by atoms with van der Waals surface area (Å²) in [5.74, 6) is -0.483. The molecule has 1 aromatic carbocycles. The number of aryl methyl sites for hydroxylation is 1. The third-order valence-electron chi connectivity index (χ3n) is 2.70. The van der Waals surface area contributed by atoms with Gasteiger partial charge in [0.25, 0.3) is 5.91 Å². The minimum atomic E-state index is -3.74. The number of hydrogen-bond donors (Lipinski definition) is 1. The first-order valence-corrected chi connectivity index (χ1v) is 8.69. The highest BCUT2D eigenvalue weighted by atomic mass is 35.5. The highest BCUT2D eigenvalue weighted by Crippen LogP contribution is 2.25. The molecule has 1 amide bonds. The molecule has 0 unspecified atom stereocenters. The molecule has 0 spiro atoms. The van der Waals surface area contributed by atoms with Crippen molar-refractivity contribution >= 4 is 44.0 Å². The van der Waals surface area contributed by atoms with E-state index in [0.29, 0.717) is 10.1 Å². The van der Waals surface area contributed by atoms with Gasteiger partial charge in [0, 0.05) is 19.7 Å². The second-order valence-electron chi connectivity index (χ2n) is 4.51. The van der Waals surface area contributed by atoms with Crippen LogP contribution in [-0.4, -0.2) is 42.9 Å². The zero-order chi connectivity index (χ0) is 16.5. The maximum Gasteiger partial charge on any atom is 0.257 e. The fourth-order valence-electron chi connectivity index (χ4n) is 1.56. The van der Waals surface area contributed by atoms with E-state index in [2.05, 4.69) is 15.5 Å². The van der Waals surface area contributed by atoms with Gasteiger partial charge in [0.2, 0.25) is 15.2 Å². The first kappa shape index (κ1) is 16.8. The third-order valence-corrected chi connectivity index (χ3v) is 5.75.